The molecule has 2 atom stereocenters. The van der Waals surface area contributed by atoms with Crippen molar-refractivity contribution in [1.82, 2.24) is 9.55 Å². The van der Waals surface area contributed by atoms with Crippen molar-refractivity contribution < 1.29 is 0 Å². The van der Waals surface area contributed by atoms with Crippen LogP contribution in [-0.2, 0) is 6.42 Å². The minimum atomic E-state index is 0.0800. The maximum atomic E-state index is 13.0. The molecule has 0 unspecified atom stereocenters. The van der Waals surface area contributed by atoms with Crippen molar-refractivity contribution in [2.24, 2.45) is 0 Å². The van der Waals surface area contributed by atoms with E-state index in [4.69, 9.17) is 4.98 Å². The van der Waals surface area contributed by atoms with Crippen molar-refractivity contribution in [2.75, 3.05) is 0 Å². The molecule has 0 spiro atoms. The van der Waals surface area contributed by atoms with Gasteiger partial charge in [0.15, 0.2) is 5.16 Å². The number of thioether (sulfide) groups is 2. The average Bonchev–Trinajstić information content (AvgIpc) is 2.89. The number of benzene rings is 1. The first-order chi connectivity index (χ1) is 10.6. The van der Waals surface area contributed by atoms with E-state index in [-0.39, 0.29) is 5.56 Å². The predicted molar refractivity (Wildman–Crippen MR) is 94.5 cm³/mol. The van der Waals surface area contributed by atoms with Crippen LogP contribution in [0.15, 0.2) is 45.2 Å². The van der Waals surface area contributed by atoms with Gasteiger partial charge in [-0.25, -0.2) is 4.98 Å². The molecule has 2 aromatic rings. The fourth-order valence-electron chi connectivity index (χ4n) is 2.45. The first-order valence-electron chi connectivity index (χ1n) is 7.64. The third kappa shape index (κ3) is 2.97. The standard InChI is InChI=1S/C17H20N2OS2/c1-4-11(2)22-17-18-14-10-12(3)21-15(14)16(20)19(17)13-8-6-5-7-9-13/h5-9,11-12H,4,10H2,1-3H3/t11-,12-/m0/s1. The second-order valence-corrected chi connectivity index (χ2v) is 8.47. The molecular formula is C17H20N2OS2. The van der Waals surface area contributed by atoms with Crippen LogP contribution in [-0.4, -0.2) is 20.1 Å². The number of fused-ring (bicyclic) bond motifs is 1. The molecule has 1 aromatic carbocycles. The summed E-state index contributed by atoms with van der Waals surface area (Å²) < 4.78 is 1.78. The van der Waals surface area contributed by atoms with Crippen molar-refractivity contribution in [3.05, 3.63) is 46.4 Å². The van der Waals surface area contributed by atoms with Crippen LogP contribution in [0.3, 0.4) is 0 Å². The lowest BCUT2D eigenvalue weighted by Gasteiger charge is -2.15. The smallest absolute Gasteiger partial charge is 0.268 e. The topological polar surface area (TPSA) is 34.9 Å². The summed E-state index contributed by atoms with van der Waals surface area (Å²) >= 11 is 3.34. The maximum absolute atomic E-state index is 13.0. The lowest BCUT2D eigenvalue weighted by Crippen LogP contribution is -2.24. The molecule has 0 bridgehead atoms. The Morgan fingerprint density at radius 2 is 2.14 bits per heavy atom. The molecule has 0 amide bonds. The maximum Gasteiger partial charge on any atom is 0.272 e. The molecule has 3 rings (SSSR count). The molecule has 0 aliphatic carbocycles. The van der Waals surface area contributed by atoms with Gasteiger partial charge in [-0.15, -0.1) is 11.8 Å². The van der Waals surface area contributed by atoms with Crippen molar-refractivity contribution in [2.45, 2.75) is 54.2 Å². The lowest BCUT2D eigenvalue weighted by atomic mass is 10.2. The van der Waals surface area contributed by atoms with E-state index in [0.717, 1.165) is 34.3 Å². The Labute approximate surface area is 139 Å². The minimum absolute atomic E-state index is 0.0800. The summed E-state index contributed by atoms with van der Waals surface area (Å²) in [7, 11) is 0. The van der Waals surface area contributed by atoms with Crippen LogP contribution in [0.2, 0.25) is 0 Å². The fourth-order valence-corrected chi connectivity index (χ4v) is 4.53. The largest absolute Gasteiger partial charge is 0.272 e. The van der Waals surface area contributed by atoms with E-state index in [0.29, 0.717) is 10.5 Å². The third-order valence-corrected chi connectivity index (χ3v) is 6.21. The zero-order valence-electron chi connectivity index (χ0n) is 13.1. The van der Waals surface area contributed by atoms with Crippen molar-refractivity contribution in [3.8, 4) is 5.69 Å². The zero-order chi connectivity index (χ0) is 15.7. The van der Waals surface area contributed by atoms with Crippen LogP contribution in [0.5, 0.6) is 0 Å². The number of nitrogens with zero attached hydrogens (tertiary/aromatic N) is 2. The highest BCUT2D eigenvalue weighted by molar-refractivity contribution is 8.00. The van der Waals surface area contributed by atoms with Gasteiger partial charge in [-0.2, -0.15) is 0 Å². The Morgan fingerprint density at radius 1 is 1.41 bits per heavy atom. The van der Waals surface area contributed by atoms with Gasteiger partial charge < -0.3 is 0 Å². The highest BCUT2D eigenvalue weighted by Gasteiger charge is 2.27. The SMILES string of the molecule is CC[C@H](C)Sc1nc2c(c(=O)n1-c1ccccc1)S[C@@H](C)C2. The Morgan fingerprint density at radius 3 is 2.82 bits per heavy atom. The van der Waals surface area contributed by atoms with E-state index in [2.05, 4.69) is 20.8 Å². The molecule has 0 N–H and O–H groups in total. The van der Waals surface area contributed by atoms with E-state index < -0.39 is 0 Å². The van der Waals surface area contributed by atoms with Gasteiger partial charge in [0.05, 0.1) is 16.3 Å². The molecule has 22 heavy (non-hydrogen) atoms. The third-order valence-electron chi connectivity index (χ3n) is 3.78. The molecule has 3 nitrogen and oxygen atoms in total. The summed E-state index contributed by atoms with van der Waals surface area (Å²) in [4.78, 5) is 18.6. The number of aromatic nitrogens is 2. The van der Waals surface area contributed by atoms with E-state index in [1.54, 1.807) is 28.1 Å². The molecule has 1 aromatic heterocycles. The van der Waals surface area contributed by atoms with Crippen molar-refractivity contribution in [3.63, 3.8) is 0 Å². The Bertz CT molecular complexity index is 727. The van der Waals surface area contributed by atoms with E-state index in [1.165, 1.54) is 0 Å². The number of hydrogen-bond acceptors (Lipinski definition) is 4. The Balaban J connectivity index is 2.18. The molecule has 116 valence electrons. The monoisotopic (exact) mass is 332 g/mol. The number of para-hydroxylation sites is 1. The second kappa shape index (κ2) is 6.50. The van der Waals surface area contributed by atoms with Gasteiger partial charge in [0.1, 0.15) is 0 Å². The predicted octanol–water partition coefficient (Wildman–Crippen LogP) is 4.16. The lowest BCUT2D eigenvalue weighted by molar-refractivity contribution is 0.726. The molecule has 0 saturated heterocycles. The van der Waals surface area contributed by atoms with Crippen LogP contribution >= 0.6 is 23.5 Å². The van der Waals surface area contributed by atoms with Crippen LogP contribution in [0.25, 0.3) is 5.69 Å². The van der Waals surface area contributed by atoms with Gasteiger partial charge in [0.2, 0.25) is 0 Å². The summed E-state index contributed by atoms with van der Waals surface area (Å²) in [5.41, 5.74) is 1.95. The summed E-state index contributed by atoms with van der Waals surface area (Å²) in [5, 5.41) is 1.69. The van der Waals surface area contributed by atoms with Crippen molar-refractivity contribution in [1.29, 1.82) is 0 Å². The fraction of sp³-hybridized carbons (Fsp3) is 0.412. The molecule has 0 saturated carbocycles. The summed E-state index contributed by atoms with van der Waals surface area (Å²) in [6.45, 7) is 6.49. The molecule has 0 fully saturated rings. The summed E-state index contributed by atoms with van der Waals surface area (Å²) in [6, 6.07) is 9.83. The van der Waals surface area contributed by atoms with Crippen LogP contribution in [0, 0.1) is 0 Å². The van der Waals surface area contributed by atoms with Gasteiger partial charge in [0, 0.05) is 16.9 Å². The Kier molecular flexibility index (Phi) is 4.64. The van der Waals surface area contributed by atoms with Gasteiger partial charge in [0.25, 0.3) is 5.56 Å². The molecule has 1 aliphatic heterocycles. The minimum Gasteiger partial charge on any atom is -0.268 e. The van der Waals surface area contributed by atoms with E-state index in [1.807, 2.05) is 30.3 Å². The normalized spacial score (nSPS) is 18.2. The molecule has 0 radical (unpaired) electrons. The zero-order valence-corrected chi connectivity index (χ0v) is 14.7. The van der Waals surface area contributed by atoms with Gasteiger partial charge >= 0.3 is 0 Å². The first kappa shape index (κ1) is 15.7. The van der Waals surface area contributed by atoms with Crippen LogP contribution in [0.1, 0.15) is 32.9 Å². The summed E-state index contributed by atoms with van der Waals surface area (Å²) in [6.07, 6.45) is 1.94. The quantitative estimate of drug-likeness (QED) is 0.622. The van der Waals surface area contributed by atoms with Crippen LogP contribution < -0.4 is 5.56 Å². The molecule has 5 heteroatoms. The van der Waals surface area contributed by atoms with Crippen molar-refractivity contribution >= 4 is 23.5 Å². The van der Waals surface area contributed by atoms with Gasteiger partial charge in [-0.05, 0) is 18.6 Å². The molecular weight excluding hydrogens is 312 g/mol. The number of rotatable bonds is 4. The number of hydrogen-bond donors (Lipinski definition) is 0. The molecule has 1 aliphatic rings. The van der Waals surface area contributed by atoms with E-state index in [9.17, 15) is 4.79 Å². The average molecular weight is 332 g/mol. The van der Waals surface area contributed by atoms with Crippen LogP contribution in [0.4, 0.5) is 0 Å². The first-order valence-corrected chi connectivity index (χ1v) is 9.40. The molecule has 2 heterocycles. The van der Waals surface area contributed by atoms with Gasteiger partial charge in [-0.1, -0.05) is 50.7 Å². The second-order valence-electron chi connectivity index (χ2n) is 5.62. The Hall–Kier alpha value is -1.20. The van der Waals surface area contributed by atoms with E-state index >= 15 is 0 Å². The summed E-state index contributed by atoms with van der Waals surface area (Å²) in [5.74, 6) is 0. The highest BCUT2D eigenvalue weighted by atomic mass is 32.2. The highest BCUT2D eigenvalue weighted by Crippen LogP contribution is 2.35. The van der Waals surface area contributed by atoms with Gasteiger partial charge in [-0.3, -0.25) is 9.36 Å².